The Bertz CT molecular complexity index is 600. The van der Waals surface area contributed by atoms with Gasteiger partial charge in [-0.2, -0.15) is 13.2 Å². The predicted octanol–water partition coefficient (Wildman–Crippen LogP) is 2.92. The Balaban J connectivity index is 1.88. The lowest BCUT2D eigenvalue weighted by Gasteiger charge is -2.21. The molecule has 1 heterocycles. The summed E-state index contributed by atoms with van der Waals surface area (Å²) in [5, 5.41) is 5.12. The molecule has 1 atom stereocenters. The van der Waals surface area contributed by atoms with Crippen LogP contribution in [0.2, 0.25) is 0 Å². The van der Waals surface area contributed by atoms with E-state index in [4.69, 9.17) is 0 Å². The number of halogens is 3. The Morgan fingerprint density at radius 2 is 1.92 bits per heavy atom. The van der Waals surface area contributed by atoms with Gasteiger partial charge in [0.05, 0.1) is 6.42 Å². The summed E-state index contributed by atoms with van der Waals surface area (Å²) >= 11 is 0. The van der Waals surface area contributed by atoms with Crippen LogP contribution in [0.1, 0.15) is 25.8 Å². The molecule has 0 saturated carbocycles. The number of hydrogen-bond donors (Lipinski definition) is 2. The Morgan fingerprint density at radius 1 is 1.29 bits per heavy atom. The van der Waals surface area contributed by atoms with Gasteiger partial charge in [-0.05, 0) is 38.0 Å². The smallest absolute Gasteiger partial charge is 0.338 e. The standard InChI is InChI=1S/C16H20F3N3O2/c1-10(2)22-8-7-13(14(22)23)21-15(24)20-12-5-3-11(4-6-12)9-16(17,18)19/h3-6,10,13H,7-9H2,1-2H3,(H2,20,21,24)/t13-/m1/s1. The van der Waals surface area contributed by atoms with Gasteiger partial charge in [0.2, 0.25) is 5.91 Å². The molecule has 1 aromatic carbocycles. The first-order chi connectivity index (χ1) is 11.2. The molecule has 1 aliphatic heterocycles. The second-order valence-electron chi connectivity index (χ2n) is 6.05. The van der Waals surface area contributed by atoms with Crippen molar-refractivity contribution < 1.29 is 22.8 Å². The van der Waals surface area contributed by atoms with Crippen LogP contribution in [0.3, 0.4) is 0 Å². The second kappa shape index (κ2) is 7.11. The predicted molar refractivity (Wildman–Crippen MR) is 83.6 cm³/mol. The van der Waals surface area contributed by atoms with Crippen molar-refractivity contribution in [3.8, 4) is 0 Å². The number of benzene rings is 1. The van der Waals surface area contributed by atoms with Crippen LogP contribution in [0.25, 0.3) is 0 Å². The third-order valence-corrected chi connectivity index (χ3v) is 3.78. The molecule has 1 fully saturated rings. The number of hydrogen-bond acceptors (Lipinski definition) is 2. The van der Waals surface area contributed by atoms with Gasteiger partial charge in [-0.25, -0.2) is 4.79 Å². The molecule has 3 amide bonds. The van der Waals surface area contributed by atoms with E-state index in [2.05, 4.69) is 10.6 Å². The van der Waals surface area contributed by atoms with Crippen LogP contribution in [-0.4, -0.2) is 41.6 Å². The molecule has 24 heavy (non-hydrogen) atoms. The SMILES string of the molecule is CC(C)N1CC[C@@H](NC(=O)Nc2ccc(CC(F)(F)F)cc2)C1=O. The highest BCUT2D eigenvalue weighted by molar-refractivity contribution is 5.94. The van der Waals surface area contributed by atoms with Crippen LogP contribution in [0.4, 0.5) is 23.7 Å². The molecular formula is C16H20F3N3O2. The summed E-state index contributed by atoms with van der Waals surface area (Å²) in [6.07, 6.45) is -4.74. The minimum Gasteiger partial charge on any atom is -0.338 e. The number of carbonyl (C=O) groups is 2. The summed E-state index contributed by atoms with van der Waals surface area (Å²) in [7, 11) is 0. The molecule has 2 rings (SSSR count). The third-order valence-electron chi connectivity index (χ3n) is 3.78. The maximum atomic E-state index is 12.3. The average molecular weight is 343 g/mol. The number of rotatable bonds is 4. The number of anilines is 1. The van der Waals surface area contributed by atoms with Gasteiger partial charge in [-0.1, -0.05) is 12.1 Å². The summed E-state index contributed by atoms with van der Waals surface area (Å²) < 4.78 is 36.9. The molecule has 0 aromatic heterocycles. The highest BCUT2D eigenvalue weighted by atomic mass is 19.4. The Labute approximate surface area is 138 Å². The average Bonchev–Trinajstić information content (AvgIpc) is 2.81. The van der Waals surface area contributed by atoms with Gasteiger partial charge in [0, 0.05) is 18.3 Å². The number of likely N-dealkylation sites (tertiary alicyclic amines) is 1. The molecule has 0 bridgehead atoms. The molecule has 0 unspecified atom stereocenters. The number of amides is 3. The van der Waals surface area contributed by atoms with Crippen molar-refractivity contribution >= 4 is 17.6 Å². The van der Waals surface area contributed by atoms with E-state index in [1.165, 1.54) is 24.3 Å². The second-order valence-corrected chi connectivity index (χ2v) is 6.05. The zero-order valence-corrected chi connectivity index (χ0v) is 13.5. The highest BCUT2D eigenvalue weighted by Gasteiger charge is 2.34. The van der Waals surface area contributed by atoms with Gasteiger partial charge in [-0.3, -0.25) is 4.79 Å². The molecule has 1 aromatic rings. The molecular weight excluding hydrogens is 323 g/mol. The van der Waals surface area contributed by atoms with Crippen LogP contribution in [-0.2, 0) is 11.2 Å². The lowest BCUT2D eigenvalue weighted by molar-refractivity contribution is -0.130. The van der Waals surface area contributed by atoms with E-state index in [-0.39, 0.29) is 17.5 Å². The largest absolute Gasteiger partial charge is 0.393 e. The van der Waals surface area contributed by atoms with E-state index in [1.54, 1.807) is 4.90 Å². The van der Waals surface area contributed by atoms with Crippen molar-refractivity contribution in [2.24, 2.45) is 0 Å². The zero-order valence-electron chi connectivity index (χ0n) is 13.5. The fourth-order valence-electron chi connectivity index (χ4n) is 2.61. The first kappa shape index (κ1) is 18.1. The fourth-order valence-corrected chi connectivity index (χ4v) is 2.61. The summed E-state index contributed by atoms with van der Waals surface area (Å²) in [4.78, 5) is 25.7. The van der Waals surface area contributed by atoms with E-state index >= 15 is 0 Å². The first-order valence-electron chi connectivity index (χ1n) is 7.69. The van der Waals surface area contributed by atoms with Crippen molar-refractivity contribution in [1.29, 1.82) is 0 Å². The quantitative estimate of drug-likeness (QED) is 0.883. The van der Waals surface area contributed by atoms with Crippen LogP contribution >= 0.6 is 0 Å². The number of carbonyl (C=O) groups excluding carboxylic acids is 2. The van der Waals surface area contributed by atoms with Crippen molar-refractivity contribution in [2.45, 2.75) is 44.9 Å². The molecule has 1 saturated heterocycles. The lowest BCUT2D eigenvalue weighted by atomic mass is 10.1. The molecule has 1 aliphatic rings. The van der Waals surface area contributed by atoms with Gasteiger partial charge in [0.15, 0.2) is 0 Å². The van der Waals surface area contributed by atoms with E-state index in [0.717, 1.165) is 0 Å². The molecule has 8 heteroatoms. The van der Waals surface area contributed by atoms with Crippen LogP contribution in [0, 0.1) is 0 Å². The summed E-state index contributed by atoms with van der Waals surface area (Å²) in [6.45, 7) is 4.40. The van der Waals surface area contributed by atoms with Crippen LogP contribution < -0.4 is 10.6 Å². The summed E-state index contributed by atoms with van der Waals surface area (Å²) in [6, 6.07) is 4.37. The number of urea groups is 1. The van der Waals surface area contributed by atoms with Gasteiger partial charge in [0.25, 0.3) is 0 Å². The number of nitrogens with zero attached hydrogens (tertiary/aromatic N) is 1. The van der Waals surface area contributed by atoms with Gasteiger partial charge in [-0.15, -0.1) is 0 Å². The van der Waals surface area contributed by atoms with Crippen LogP contribution in [0.5, 0.6) is 0 Å². The van der Waals surface area contributed by atoms with Crippen LogP contribution in [0.15, 0.2) is 24.3 Å². The lowest BCUT2D eigenvalue weighted by Crippen LogP contribution is -2.44. The Hall–Kier alpha value is -2.25. The van der Waals surface area contributed by atoms with E-state index in [9.17, 15) is 22.8 Å². The van der Waals surface area contributed by atoms with E-state index in [1.807, 2.05) is 13.8 Å². The molecule has 0 radical (unpaired) electrons. The van der Waals surface area contributed by atoms with Crippen molar-refractivity contribution in [1.82, 2.24) is 10.2 Å². The van der Waals surface area contributed by atoms with Gasteiger partial charge in [0.1, 0.15) is 6.04 Å². The number of alkyl halides is 3. The normalized spacial score (nSPS) is 18.2. The number of nitrogens with one attached hydrogen (secondary N) is 2. The monoisotopic (exact) mass is 343 g/mol. The molecule has 0 spiro atoms. The van der Waals surface area contributed by atoms with E-state index in [0.29, 0.717) is 18.7 Å². The maximum Gasteiger partial charge on any atom is 0.393 e. The van der Waals surface area contributed by atoms with E-state index < -0.39 is 24.7 Å². The summed E-state index contributed by atoms with van der Waals surface area (Å²) in [5.41, 5.74) is 0.483. The Kier molecular flexibility index (Phi) is 5.36. The first-order valence-corrected chi connectivity index (χ1v) is 7.69. The van der Waals surface area contributed by atoms with Gasteiger partial charge >= 0.3 is 12.2 Å². The summed E-state index contributed by atoms with van der Waals surface area (Å²) in [5.74, 6) is -0.124. The van der Waals surface area contributed by atoms with Crippen molar-refractivity contribution in [2.75, 3.05) is 11.9 Å². The molecule has 0 aliphatic carbocycles. The topological polar surface area (TPSA) is 61.4 Å². The minimum absolute atomic E-state index is 0.0774. The Morgan fingerprint density at radius 3 is 2.42 bits per heavy atom. The maximum absolute atomic E-state index is 12.3. The third kappa shape index (κ3) is 4.87. The molecule has 132 valence electrons. The molecule has 2 N–H and O–H groups in total. The molecule has 5 nitrogen and oxygen atoms in total. The van der Waals surface area contributed by atoms with Crippen molar-refractivity contribution in [3.05, 3.63) is 29.8 Å². The van der Waals surface area contributed by atoms with Crippen molar-refractivity contribution in [3.63, 3.8) is 0 Å². The minimum atomic E-state index is -4.27. The zero-order chi connectivity index (χ0) is 17.9. The highest BCUT2D eigenvalue weighted by Crippen LogP contribution is 2.22. The van der Waals surface area contributed by atoms with Gasteiger partial charge < -0.3 is 15.5 Å². The fraction of sp³-hybridized carbons (Fsp3) is 0.500.